The molecule has 1 aliphatic heterocycles. The third-order valence-corrected chi connectivity index (χ3v) is 5.64. The van der Waals surface area contributed by atoms with Crippen molar-refractivity contribution in [2.24, 2.45) is 5.73 Å². The molecule has 5 N–H and O–H groups in total. The maximum atomic E-state index is 12.8. The van der Waals surface area contributed by atoms with Gasteiger partial charge in [0, 0.05) is 41.3 Å². The molecule has 2 aromatic carbocycles. The van der Waals surface area contributed by atoms with E-state index in [0.29, 0.717) is 27.8 Å². The molecule has 8 nitrogen and oxygen atoms in total. The van der Waals surface area contributed by atoms with Gasteiger partial charge in [0.15, 0.2) is 6.61 Å². The number of hydrogen-bond acceptors (Lipinski definition) is 6. The lowest BCUT2D eigenvalue weighted by molar-refractivity contribution is -0.149. The Morgan fingerprint density at radius 2 is 1.81 bits per heavy atom. The summed E-state index contributed by atoms with van der Waals surface area (Å²) in [6.45, 7) is 0.0310. The van der Waals surface area contributed by atoms with Crippen LogP contribution in [0.3, 0.4) is 0 Å². The van der Waals surface area contributed by atoms with Crippen molar-refractivity contribution in [3.63, 3.8) is 0 Å². The van der Waals surface area contributed by atoms with E-state index < -0.39 is 30.6 Å². The molecule has 0 aliphatic carbocycles. The molecule has 1 aliphatic rings. The van der Waals surface area contributed by atoms with Gasteiger partial charge in [-0.25, -0.2) is 4.79 Å². The second-order valence-corrected chi connectivity index (χ2v) is 8.22. The van der Waals surface area contributed by atoms with Crippen LogP contribution in [-0.4, -0.2) is 37.5 Å². The van der Waals surface area contributed by atoms with E-state index in [1.54, 1.807) is 12.1 Å². The second-order valence-electron chi connectivity index (χ2n) is 7.38. The number of nitrogens with two attached hydrogens (primary N) is 1. The molecule has 2 aromatic rings. The van der Waals surface area contributed by atoms with Crippen LogP contribution in [0.25, 0.3) is 0 Å². The predicted molar refractivity (Wildman–Crippen MR) is 122 cm³/mol. The molecule has 2 unspecified atom stereocenters. The van der Waals surface area contributed by atoms with Crippen molar-refractivity contribution < 1.29 is 19.1 Å². The Kier molecular flexibility index (Phi) is 7.95. The first-order valence-electron chi connectivity index (χ1n) is 10.0. The summed E-state index contributed by atoms with van der Waals surface area (Å²) in [4.78, 5) is 36.7. The molecule has 10 heteroatoms. The van der Waals surface area contributed by atoms with Crippen LogP contribution in [0.5, 0.6) is 0 Å². The Morgan fingerprint density at radius 1 is 1.12 bits per heavy atom. The molecule has 1 heterocycles. The highest BCUT2D eigenvalue weighted by molar-refractivity contribution is 6.35. The Morgan fingerprint density at radius 3 is 2.47 bits per heavy atom. The standard InChI is InChI=1S/C22H24Cl2N4O4/c1-26-20(30)11-32-22(31)18-9-17(21-15(24)7-14(23)8-16(21)27-18)28-19(29)6-12-2-4-13(10-25)5-3-12/h2-5,7-8,17-18,27H,6,9-11,25H2,1H3,(H,26,30)(H,28,29). The number of amides is 2. The highest BCUT2D eigenvalue weighted by atomic mass is 35.5. The number of hydrogen-bond donors (Lipinski definition) is 4. The van der Waals surface area contributed by atoms with Gasteiger partial charge < -0.3 is 26.4 Å². The van der Waals surface area contributed by atoms with E-state index in [4.69, 9.17) is 33.7 Å². The Bertz CT molecular complexity index is 1010. The van der Waals surface area contributed by atoms with E-state index in [1.807, 2.05) is 24.3 Å². The van der Waals surface area contributed by atoms with Gasteiger partial charge in [-0.15, -0.1) is 0 Å². The number of nitrogens with one attached hydrogen (secondary N) is 3. The molecule has 0 radical (unpaired) electrons. The lowest BCUT2D eigenvalue weighted by atomic mass is 9.92. The average Bonchev–Trinajstić information content (AvgIpc) is 2.76. The zero-order valence-corrected chi connectivity index (χ0v) is 18.9. The summed E-state index contributed by atoms with van der Waals surface area (Å²) in [6, 6.07) is 9.32. The van der Waals surface area contributed by atoms with Gasteiger partial charge in [0.2, 0.25) is 5.91 Å². The van der Waals surface area contributed by atoms with E-state index in [9.17, 15) is 14.4 Å². The van der Waals surface area contributed by atoms with Gasteiger partial charge in [-0.1, -0.05) is 47.5 Å². The van der Waals surface area contributed by atoms with Crippen LogP contribution in [0.1, 0.15) is 29.2 Å². The smallest absolute Gasteiger partial charge is 0.329 e. The Labute approximate surface area is 195 Å². The molecule has 0 saturated heterocycles. The van der Waals surface area contributed by atoms with Crippen LogP contribution in [0.4, 0.5) is 5.69 Å². The van der Waals surface area contributed by atoms with Gasteiger partial charge >= 0.3 is 5.97 Å². The largest absolute Gasteiger partial charge is 0.454 e. The molecule has 0 spiro atoms. The number of esters is 1. The highest BCUT2D eigenvalue weighted by Crippen LogP contribution is 2.40. The van der Waals surface area contributed by atoms with Crippen LogP contribution in [0, 0.1) is 0 Å². The van der Waals surface area contributed by atoms with E-state index in [-0.39, 0.29) is 18.7 Å². The van der Waals surface area contributed by atoms with Gasteiger partial charge in [-0.05, 0) is 23.3 Å². The average molecular weight is 479 g/mol. The van der Waals surface area contributed by atoms with Crippen molar-refractivity contribution in [1.29, 1.82) is 0 Å². The minimum Gasteiger partial charge on any atom is -0.454 e. The first-order valence-corrected chi connectivity index (χ1v) is 10.8. The van der Waals surface area contributed by atoms with Crippen molar-refractivity contribution in [3.05, 3.63) is 63.1 Å². The SMILES string of the molecule is CNC(=O)COC(=O)C1CC(NC(=O)Cc2ccc(CN)cc2)c2c(Cl)cc(Cl)cc2N1. The van der Waals surface area contributed by atoms with E-state index in [1.165, 1.54) is 7.05 Å². The van der Waals surface area contributed by atoms with Crippen molar-refractivity contribution in [2.45, 2.75) is 31.5 Å². The fourth-order valence-electron chi connectivity index (χ4n) is 3.48. The molecule has 3 rings (SSSR count). The third kappa shape index (κ3) is 5.91. The third-order valence-electron chi connectivity index (χ3n) is 5.11. The van der Waals surface area contributed by atoms with Crippen LogP contribution in [0.2, 0.25) is 10.0 Å². The Hall–Kier alpha value is -2.81. The summed E-state index contributed by atoms with van der Waals surface area (Å²) in [5, 5.41) is 9.14. The number of carbonyl (C=O) groups excluding carboxylic acids is 3. The maximum absolute atomic E-state index is 12.8. The summed E-state index contributed by atoms with van der Waals surface area (Å²) >= 11 is 12.5. The van der Waals surface area contributed by atoms with Gasteiger partial charge in [0.25, 0.3) is 5.91 Å². The number of fused-ring (bicyclic) bond motifs is 1. The van der Waals surface area contributed by atoms with Gasteiger partial charge in [0.1, 0.15) is 6.04 Å². The van der Waals surface area contributed by atoms with Crippen molar-refractivity contribution in [1.82, 2.24) is 10.6 Å². The number of anilines is 1. The molecular formula is C22H24Cl2N4O4. The summed E-state index contributed by atoms with van der Waals surface area (Å²) in [7, 11) is 1.45. The molecule has 0 fully saturated rings. The number of halogens is 2. The summed E-state index contributed by atoms with van der Waals surface area (Å²) in [5.41, 5.74) is 8.58. The number of carbonyl (C=O) groups is 3. The normalized spacial score (nSPS) is 17.0. The summed E-state index contributed by atoms with van der Waals surface area (Å²) in [6.07, 6.45) is 0.347. The van der Waals surface area contributed by atoms with Gasteiger partial charge in [-0.2, -0.15) is 0 Å². The fraction of sp³-hybridized carbons (Fsp3) is 0.318. The summed E-state index contributed by atoms with van der Waals surface area (Å²) < 4.78 is 5.08. The van der Waals surface area contributed by atoms with E-state index >= 15 is 0 Å². The molecule has 0 saturated carbocycles. The first kappa shape index (κ1) is 23.8. The van der Waals surface area contributed by atoms with Crippen LogP contribution >= 0.6 is 23.2 Å². The van der Waals surface area contributed by atoms with Crippen LogP contribution in [0.15, 0.2) is 36.4 Å². The maximum Gasteiger partial charge on any atom is 0.329 e. The lowest BCUT2D eigenvalue weighted by Gasteiger charge is -2.33. The van der Waals surface area contributed by atoms with Crippen molar-refractivity contribution >= 4 is 46.7 Å². The molecule has 2 amide bonds. The topological polar surface area (TPSA) is 123 Å². The molecule has 0 aromatic heterocycles. The lowest BCUT2D eigenvalue weighted by Crippen LogP contribution is -2.43. The highest BCUT2D eigenvalue weighted by Gasteiger charge is 2.34. The molecule has 170 valence electrons. The predicted octanol–water partition coefficient (Wildman–Crippen LogP) is 2.33. The van der Waals surface area contributed by atoms with Gasteiger partial charge in [0.05, 0.1) is 12.5 Å². The molecule has 2 atom stereocenters. The number of rotatable bonds is 7. The monoisotopic (exact) mass is 478 g/mol. The fourth-order valence-corrected chi connectivity index (χ4v) is 4.10. The number of ether oxygens (including phenoxy) is 1. The number of likely N-dealkylation sites (N-methyl/N-ethyl adjacent to an activating group) is 1. The van der Waals surface area contributed by atoms with Crippen LogP contribution < -0.4 is 21.7 Å². The van der Waals surface area contributed by atoms with E-state index in [2.05, 4.69) is 16.0 Å². The zero-order valence-electron chi connectivity index (χ0n) is 17.4. The van der Waals surface area contributed by atoms with Crippen molar-refractivity contribution in [3.8, 4) is 0 Å². The second kappa shape index (κ2) is 10.7. The number of benzene rings is 2. The summed E-state index contributed by atoms with van der Waals surface area (Å²) in [5.74, 6) is -1.27. The molecule has 32 heavy (non-hydrogen) atoms. The van der Waals surface area contributed by atoms with Crippen molar-refractivity contribution in [2.75, 3.05) is 19.0 Å². The minimum absolute atomic E-state index is 0.154. The molecule has 0 bridgehead atoms. The van der Waals surface area contributed by atoms with E-state index in [0.717, 1.165) is 11.1 Å². The van der Waals surface area contributed by atoms with Crippen LogP contribution in [-0.2, 0) is 32.1 Å². The molecular weight excluding hydrogens is 455 g/mol. The minimum atomic E-state index is -0.796. The Balaban J connectivity index is 1.77. The van der Waals surface area contributed by atoms with Gasteiger partial charge in [-0.3, -0.25) is 9.59 Å². The first-order chi connectivity index (χ1) is 15.3. The zero-order chi connectivity index (χ0) is 23.3. The quantitative estimate of drug-likeness (QED) is 0.453.